The second-order valence-electron chi connectivity index (χ2n) is 5.05. The standard InChI is InChI=1S/C15H24N4O/c16-7-8-17-15(20)6-9-18-10-12-19(13-11-18)14-4-2-1-3-5-14/h1-5H,6-13,16H2,(H,17,20). The van der Waals surface area contributed by atoms with Gasteiger partial charge in [0, 0.05) is 57.9 Å². The molecule has 0 spiro atoms. The fraction of sp³-hybridized carbons (Fsp3) is 0.533. The van der Waals surface area contributed by atoms with E-state index in [-0.39, 0.29) is 5.91 Å². The number of nitrogens with zero attached hydrogens (tertiary/aromatic N) is 2. The van der Waals surface area contributed by atoms with E-state index in [2.05, 4.69) is 39.4 Å². The van der Waals surface area contributed by atoms with Crippen LogP contribution in [0.1, 0.15) is 6.42 Å². The van der Waals surface area contributed by atoms with Crippen LogP contribution in [-0.4, -0.2) is 56.6 Å². The molecule has 0 atom stereocenters. The zero-order valence-corrected chi connectivity index (χ0v) is 11.9. The van der Waals surface area contributed by atoms with Gasteiger partial charge in [-0.05, 0) is 12.1 Å². The van der Waals surface area contributed by atoms with Gasteiger partial charge in [0.25, 0.3) is 0 Å². The largest absolute Gasteiger partial charge is 0.369 e. The van der Waals surface area contributed by atoms with E-state index in [1.165, 1.54) is 5.69 Å². The molecule has 0 radical (unpaired) electrons. The summed E-state index contributed by atoms with van der Waals surface area (Å²) in [5, 5.41) is 2.81. The second-order valence-corrected chi connectivity index (χ2v) is 5.05. The van der Waals surface area contributed by atoms with Gasteiger partial charge in [-0.25, -0.2) is 0 Å². The molecule has 0 unspecified atom stereocenters. The summed E-state index contributed by atoms with van der Waals surface area (Å²) in [6.07, 6.45) is 0.561. The van der Waals surface area contributed by atoms with Gasteiger partial charge in [0.15, 0.2) is 0 Å². The lowest BCUT2D eigenvalue weighted by Gasteiger charge is -2.36. The number of hydrogen-bond donors (Lipinski definition) is 2. The molecule has 110 valence electrons. The van der Waals surface area contributed by atoms with Crippen LogP contribution < -0.4 is 16.0 Å². The monoisotopic (exact) mass is 276 g/mol. The highest BCUT2D eigenvalue weighted by Gasteiger charge is 2.17. The Kier molecular flexibility index (Phi) is 5.83. The lowest BCUT2D eigenvalue weighted by Crippen LogP contribution is -2.47. The molecule has 0 aromatic heterocycles. The van der Waals surface area contributed by atoms with Crippen LogP contribution in [-0.2, 0) is 4.79 Å². The van der Waals surface area contributed by atoms with Crippen LogP contribution in [0.25, 0.3) is 0 Å². The average molecular weight is 276 g/mol. The van der Waals surface area contributed by atoms with Crippen molar-refractivity contribution < 1.29 is 4.79 Å². The van der Waals surface area contributed by atoms with Crippen LogP contribution in [0.5, 0.6) is 0 Å². The maximum atomic E-state index is 11.5. The third-order valence-electron chi connectivity index (χ3n) is 3.62. The Labute approximate surface area is 120 Å². The number of rotatable bonds is 6. The molecule has 0 saturated carbocycles. The number of amides is 1. The molecule has 1 fully saturated rings. The number of para-hydroxylation sites is 1. The van der Waals surface area contributed by atoms with Crippen LogP contribution in [0.3, 0.4) is 0 Å². The zero-order chi connectivity index (χ0) is 14.2. The minimum absolute atomic E-state index is 0.0981. The molecule has 20 heavy (non-hydrogen) atoms. The third-order valence-corrected chi connectivity index (χ3v) is 3.62. The molecule has 5 nitrogen and oxygen atoms in total. The first-order valence-corrected chi connectivity index (χ1v) is 7.28. The summed E-state index contributed by atoms with van der Waals surface area (Å²) in [6, 6.07) is 10.5. The summed E-state index contributed by atoms with van der Waals surface area (Å²) in [5.41, 5.74) is 6.64. The van der Waals surface area contributed by atoms with Gasteiger partial charge in [-0.15, -0.1) is 0 Å². The molecular weight excluding hydrogens is 252 g/mol. The van der Waals surface area contributed by atoms with Crippen LogP contribution >= 0.6 is 0 Å². The molecule has 1 aromatic carbocycles. The van der Waals surface area contributed by atoms with E-state index in [0.717, 1.165) is 32.7 Å². The second kappa shape index (κ2) is 7.87. The average Bonchev–Trinajstić information content (AvgIpc) is 2.52. The van der Waals surface area contributed by atoms with E-state index in [1.807, 2.05) is 6.07 Å². The minimum atomic E-state index is 0.0981. The molecule has 2 rings (SSSR count). The first-order valence-electron chi connectivity index (χ1n) is 7.28. The number of benzene rings is 1. The van der Waals surface area contributed by atoms with Crippen molar-refractivity contribution in [1.82, 2.24) is 10.2 Å². The van der Waals surface area contributed by atoms with Crippen molar-refractivity contribution >= 4 is 11.6 Å². The molecule has 5 heteroatoms. The molecule has 1 aromatic rings. The maximum Gasteiger partial charge on any atom is 0.221 e. The van der Waals surface area contributed by atoms with Gasteiger partial charge >= 0.3 is 0 Å². The molecule has 1 aliphatic rings. The number of nitrogens with two attached hydrogens (primary N) is 1. The van der Waals surface area contributed by atoms with Gasteiger partial charge in [-0.2, -0.15) is 0 Å². The van der Waals surface area contributed by atoms with E-state index in [0.29, 0.717) is 19.5 Å². The van der Waals surface area contributed by atoms with Crippen molar-refractivity contribution in [2.45, 2.75) is 6.42 Å². The Balaban J connectivity index is 1.68. The fourth-order valence-electron chi connectivity index (χ4n) is 2.43. The van der Waals surface area contributed by atoms with E-state index in [1.54, 1.807) is 0 Å². The first kappa shape index (κ1) is 14.8. The van der Waals surface area contributed by atoms with Crippen molar-refractivity contribution in [3.63, 3.8) is 0 Å². The molecule has 1 aliphatic heterocycles. The Bertz CT molecular complexity index is 402. The van der Waals surface area contributed by atoms with E-state index < -0.39 is 0 Å². The Morgan fingerprint density at radius 3 is 2.50 bits per heavy atom. The number of carbonyl (C=O) groups is 1. The van der Waals surface area contributed by atoms with Crippen LogP contribution in [0.2, 0.25) is 0 Å². The Hall–Kier alpha value is -1.59. The number of nitrogens with one attached hydrogen (secondary N) is 1. The van der Waals surface area contributed by atoms with Gasteiger partial charge < -0.3 is 16.0 Å². The molecular formula is C15H24N4O. The normalized spacial score (nSPS) is 16.1. The third kappa shape index (κ3) is 4.51. The van der Waals surface area contributed by atoms with Crippen LogP contribution in [0.15, 0.2) is 30.3 Å². The van der Waals surface area contributed by atoms with Crippen molar-refractivity contribution in [3.8, 4) is 0 Å². The number of carbonyl (C=O) groups excluding carboxylic acids is 1. The summed E-state index contributed by atoms with van der Waals surface area (Å²) in [4.78, 5) is 16.3. The summed E-state index contributed by atoms with van der Waals surface area (Å²) in [6.45, 7) is 5.97. The number of hydrogen-bond acceptors (Lipinski definition) is 4. The predicted molar refractivity (Wildman–Crippen MR) is 81.8 cm³/mol. The molecule has 1 amide bonds. The summed E-state index contributed by atoms with van der Waals surface area (Å²) in [7, 11) is 0. The van der Waals surface area contributed by atoms with Crippen molar-refractivity contribution in [3.05, 3.63) is 30.3 Å². The summed E-state index contributed by atoms with van der Waals surface area (Å²) < 4.78 is 0. The topological polar surface area (TPSA) is 61.6 Å². The predicted octanol–water partition coefficient (Wildman–Crippen LogP) is 0.274. The van der Waals surface area contributed by atoms with Crippen molar-refractivity contribution in [1.29, 1.82) is 0 Å². The maximum absolute atomic E-state index is 11.5. The van der Waals surface area contributed by atoms with E-state index >= 15 is 0 Å². The quantitative estimate of drug-likeness (QED) is 0.783. The van der Waals surface area contributed by atoms with Gasteiger partial charge in [0.1, 0.15) is 0 Å². The molecule has 3 N–H and O–H groups in total. The number of piperazine rings is 1. The lowest BCUT2D eigenvalue weighted by atomic mass is 10.2. The van der Waals surface area contributed by atoms with Crippen molar-refractivity contribution in [2.24, 2.45) is 5.73 Å². The summed E-state index contributed by atoms with van der Waals surface area (Å²) in [5.74, 6) is 0.0981. The van der Waals surface area contributed by atoms with Crippen LogP contribution in [0, 0.1) is 0 Å². The minimum Gasteiger partial charge on any atom is -0.369 e. The zero-order valence-electron chi connectivity index (χ0n) is 11.9. The molecule has 0 aliphatic carbocycles. The van der Waals surface area contributed by atoms with Gasteiger partial charge in [0.05, 0.1) is 0 Å². The Morgan fingerprint density at radius 1 is 1.15 bits per heavy atom. The van der Waals surface area contributed by atoms with Crippen LogP contribution in [0.4, 0.5) is 5.69 Å². The van der Waals surface area contributed by atoms with Gasteiger partial charge in [-0.3, -0.25) is 9.69 Å². The highest BCUT2D eigenvalue weighted by atomic mass is 16.1. The number of anilines is 1. The SMILES string of the molecule is NCCNC(=O)CCN1CCN(c2ccccc2)CC1. The molecule has 1 heterocycles. The smallest absolute Gasteiger partial charge is 0.221 e. The summed E-state index contributed by atoms with van der Waals surface area (Å²) >= 11 is 0. The Morgan fingerprint density at radius 2 is 1.85 bits per heavy atom. The fourth-order valence-corrected chi connectivity index (χ4v) is 2.43. The highest BCUT2D eigenvalue weighted by molar-refractivity contribution is 5.76. The van der Waals surface area contributed by atoms with Crippen molar-refractivity contribution in [2.75, 3.05) is 50.7 Å². The van der Waals surface area contributed by atoms with Gasteiger partial charge in [0.2, 0.25) is 5.91 Å². The van der Waals surface area contributed by atoms with Gasteiger partial charge in [-0.1, -0.05) is 18.2 Å². The molecule has 1 saturated heterocycles. The first-order chi connectivity index (χ1) is 9.79. The highest BCUT2D eigenvalue weighted by Crippen LogP contribution is 2.15. The lowest BCUT2D eigenvalue weighted by molar-refractivity contribution is -0.121. The molecule has 0 bridgehead atoms. The van der Waals surface area contributed by atoms with E-state index in [9.17, 15) is 4.79 Å². The van der Waals surface area contributed by atoms with E-state index in [4.69, 9.17) is 5.73 Å².